The molecular formula is C14H16ClN5O. The van der Waals surface area contributed by atoms with Crippen LogP contribution in [0.4, 0.5) is 0 Å². The van der Waals surface area contributed by atoms with E-state index in [4.69, 9.17) is 16.3 Å². The first-order chi connectivity index (χ1) is 10.1. The summed E-state index contributed by atoms with van der Waals surface area (Å²) in [5.41, 5.74) is 1.85. The van der Waals surface area contributed by atoms with E-state index in [0.717, 1.165) is 28.4 Å². The molecule has 110 valence electrons. The van der Waals surface area contributed by atoms with Gasteiger partial charge in [-0.2, -0.15) is 5.10 Å². The number of nitrogens with zero attached hydrogens (tertiary/aromatic N) is 5. The highest BCUT2D eigenvalue weighted by Crippen LogP contribution is 2.27. The molecule has 2 heterocycles. The SMILES string of the molecule is COc1ccc2nc(C(C)Cl)n(Cc3ncn(C)n3)c2c1. The van der Waals surface area contributed by atoms with Crippen LogP contribution in [0.25, 0.3) is 11.0 Å². The number of benzene rings is 1. The first-order valence-corrected chi connectivity index (χ1v) is 7.05. The van der Waals surface area contributed by atoms with Gasteiger partial charge < -0.3 is 9.30 Å². The lowest BCUT2D eigenvalue weighted by atomic mass is 10.3. The number of hydrogen-bond acceptors (Lipinski definition) is 4. The third-order valence-corrected chi connectivity index (χ3v) is 3.48. The summed E-state index contributed by atoms with van der Waals surface area (Å²) in [6.45, 7) is 2.43. The molecule has 0 amide bonds. The topological polar surface area (TPSA) is 57.8 Å². The van der Waals surface area contributed by atoms with E-state index in [1.54, 1.807) is 18.1 Å². The van der Waals surface area contributed by atoms with Gasteiger partial charge in [-0.05, 0) is 19.1 Å². The highest BCUT2D eigenvalue weighted by Gasteiger charge is 2.17. The van der Waals surface area contributed by atoms with Gasteiger partial charge in [-0.1, -0.05) is 0 Å². The van der Waals surface area contributed by atoms with Crippen LogP contribution in [-0.4, -0.2) is 31.4 Å². The Morgan fingerprint density at radius 2 is 2.19 bits per heavy atom. The number of aromatic nitrogens is 5. The molecule has 0 aliphatic rings. The van der Waals surface area contributed by atoms with Gasteiger partial charge in [0, 0.05) is 13.1 Å². The lowest BCUT2D eigenvalue weighted by Gasteiger charge is -2.08. The Morgan fingerprint density at radius 3 is 2.81 bits per heavy atom. The van der Waals surface area contributed by atoms with Gasteiger partial charge in [0.2, 0.25) is 0 Å². The number of rotatable bonds is 4. The molecule has 0 fully saturated rings. The number of ether oxygens (including phenoxy) is 1. The van der Waals surface area contributed by atoms with Crippen LogP contribution in [0.3, 0.4) is 0 Å². The first kappa shape index (κ1) is 13.9. The minimum Gasteiger partial charge on any atom is -0.497 e. The normalized spacial score (nSPS) is 12.8. The number of methoxy groups -OCH3 is 1. The van der Waals surface area contributed by atoms with Gasteiger partial charge in [0.1, 0.15) is 17.9 Å². The Morgan fingerprint density at radius 1 is 1.38 bits per heavy atom. The lowest BCUT2D eigenvalue weighted by Crippen LogP contribution is -2.07. The van der Waals surface area contributed by atoms with Crippen LogP contribution in [0.5, 0.6) is 5.75 Å². The number of aryl methyl sites for hydroxylation is 1. The van der Waals surface area contributed by atoms with Crippen molar-refractivity contribution in [3.05, 3.63) is 36.2 Å². The highest BCUT2D eigenvalue weighted by molar-refractivity contribution is 6.20. The standard InChI is InChI=1S/C14H16ClN5O/c1-9(15)14-17-11-5-4-10(21-3)6-12(11)20(14)7-13-16-8-19(2)18-13/h4-6,8-9H,7H2,1-3H3. The van der Waals surface area contributed by atoms with E-state index in [2.05, 4.69) is 15.1 Å². The van der Waals surface area contributed by atoms with E-state index < -0.39 is 0 Å². The molecule has 21 heavy (non-hydrogen) atoms. The minimum atomic E-state index is -0.202. The Bertz CT molecular complexity index is 777. The van der Waals surface area contributed by atoms with Crippen molar-refractivity contribution < 1.29 is 4.74 Å². The molecule has 0 spiro atoms. The monoisotopic (exact) mass is 305 g/mol. The smallest absolute Gasteiger partial charge is 0.170 e. The Balaban J connectivity index is 2.14. The maximum absolute atomic E-state index is 6.26. The van der Waals surface area contributed by atoms with Crippen LogP contribution in [0.2, 0.25) is 0 Å². The molecule has 7 heteroatoms. The molecule has 1 aromatic carbocycles. The molecule has 0 aliphatic heterocycles. The molecule has 2 aromatic heterocycles. The molecule has 3 rings (SSSR count). The fraction of sp³-hybridized carbons (Fsp3) is 0.357. The van der Waals surface area contributed by atoms with Crippen molar-refractivity contribution in [3.63, 3.8) is 0 Å². The summed E-state index contributed by atoms with van der Waals surface area (Å²) >= 11 is 6.26. The molecule has 0 saturated heterocycles. The summed E-state index contributed by atoms with van der Waals surface area (Å²) in [5, 5.41) is 4.12. The second kappa shape index (κ2) is 5.37. The van der Waals surface area contributed by atoms with Gasteiger partial charge in [0.05, 0.1) is 30.1 Å². The molecular weight excluding hydrogens is 290 g/mol. The first-order valence-electron chi connectivity index (χ1n) is 6.61. The van der Waals surface area contributed by atoms with E-state index in [0.29, 0.717) is 6.54 Å². The zero-order chi connectivity index (χ0) is 15.0. The third-order valence-electron chi connectivity index (χ3n) is 3.29. The summed E-state index contributed by atoms with van der Waals surface area (Å²) in [6.07, 6.45) is 1.68. The van der Waals surface area contributed by atoms with Crippen LogP contribution in [-0.2, 0) is 13.6 Å². The average molecular weight is 306 g/mol. The van der Waals surface area contributed by atoms with Crippen LogP contribution < -0.4 is 4.74 Å². The van der Waals surface area contributed by atoms with Crippen LogP contribution in [0.1, 0.15) is 23.9 Å². The van der Waals surface area contributed by atoms with Crippen molar-refractivity contribution in [2.24, 2.45) is 7.05 Å². The quantitative estimate of drug-likeness (QED) is 0.695. The predicted octanol–water partition coefficient (Wildman–Crippen LogP) is 2.52. The molecule has 0 bridgehead atoms. The second-order valence-electron chi connectivity index (χ2n) is 4.86. The molecule has 1 atom stereocenters. The maximum atomic E-state index is 6.26. The van der Waals surface area contributed by atoms with Crippen molar-refractivity contribution in [3.8, 4) is 5.75 Å². The molecule has 0 aliphatic carbocycles. The van der Waals surface area contributed by atoms with Gasteiger partial charge in [0.25, 0.3) is 0 Å². The fourth-order valence-corrected chi connectivity index (χ4v) is 2.48. The molecule has 3 aromatic rings. The van der Waals surface area contributed by atoms with E-state index >= 15 is 0 Å². The number of hydrogen-bond donors (Lipinski definition) is 0. The lowest BCUT2D eigenvalue weighted by molar-refractivity contribution is 0.415. The van der Waals surface area contributed by atoms with Crippen molar-refractivity contribution >= 4 is 22.6 Å². The number of imidazole rings is 1. The zero-order valence-corrected chi connectivity index (χ0v) is 12.9. The summed E-state index contributed by atoms with van der Waals surface area (Å²) < 4.78 is 9.00. The second-order valence-corrected chi connectivity index (χ2v) is 5.52. The van der Waals surface area contributed by atoms with Gasteiger partial charge in [-0.25, -0.2) is 9.97 Å². The summed E-state index contributed by atoms with van der Waals surface area (Å²) in [7, 11) is 3.49. The van der Waals surface area contributed by atoms with E-state index in [9.17, 15) is 0 Å². The van der Waals surface area contributed by atoms with Crippen LogP contribution in [0, 0.1) is 0 Å². The molecule has 1 unspecified atom stereocenters. The van der Waals surface area contributed by atoms with Crippen molar-refractivity contribution in [2.75, 3.05) is 7.11 Å². The molecule has 0 saturated carbocycles. The van der Waals surface area contributed by atoms with Crippen LogP contribution in [0.15, 0.2) is 24.5 Å². The zero-order valence-electron chi connectivity index (χ0n) is 12.1. The average Bonchev–Trinajstić information content (AvgIpc) is 3.03. The third kappa shape index (κ3) is 2.58. The van der Waals surface area contributed by atoms with Gasteiger partial charge in [-0.15, -0.1) is 11.6 Å². The van der Waals surface area contributed by atoms with E-state index in [1.165, 1.54) is 0 Å². The molecule has 0 radical (unpaired) electrons. The number of alkyl halides is 1. The van der Waals surface area contributed by atoms with Gasteiger partial charge in [-0.3, -0.25) is 4.68 Å². The Kier molecular flexibility index (Phi) is 3.55. The summed E-state index contributed by atoms with van der Waals surface area (Å²) in [6, 6.07) is 5.77. The van der Waals surface area contributed by atoms with E-state index in [-0.39, 0.29) is 5.38 Å². The van der Waals surface area contributed by atoms with Crippen molar-refractivity contribution in [1.29, 1.82) is 0 Å². The maximum Gasteiger partial charge on any atom is 0.170 e. The fourth-order valence-electron chi connectivity index (χ4n) is 2.32. The summed E-state index contributed by atoms with van der Waals surface area (Å²) in [4.78, 5) is 8.87. The largest absolute Gasteiger partial charge is 0.497 e. The van der Waals surface area contributed by atoms with E-state index in [1.807, 2.05) is 36.7 Å². The highest BCUT2D eigenvalue weighted by atomic mass is 35.5. The number of fused-ring (bicyclic) bond motifs is 1. The van der Waals surface area contributed by atoms with Gasteiger partial charge in [0.15, 0.2) is 5.82 Å². The molecule has 6 nitrogen and oxygen atoms in total. The van der Waals surface area contributed by atoms with Crippen LogP contribution >= 0.6 is 11.6 Å². The van der Waals surface area contributed by atoms with Crippen molar-refractivity contribution in [1.82, 2.24) is 24.3 Å². The predicted molar refractivity (Wildman–Crippen MR) is 80.7 cm³/mol. The van der Waals surface area contributed by atoms with Crippen molar-refractivity contribution in [2.45, 2.75) is 18.8 Å². The minimum absolute atomic E-state index is 0.202. The Hall–Kier alpha value is -2.08. The summed E-state index contributed by atoms with van der Waals surface area (Å²) in [5.74, 6) is 2.30. The van der Waals surface area contributed by atoms with Gasteiger partial charge >= 0.3 is 0 Å². The number of halogens is 1. The molecule has 0 N–H and O–H groups in total. The Labute approximate surface area is 127 Å².